The summed E-state index contributed by atoms with van der Waals surface area (Å²) in [5.74, 6) is 1.92. The van der Waals surface area contributed by atoms with Crippen molar-refractivity contribution < 1.29 is 28.2 Å². The minimum atomic E-state index is -2.33. The first-order valence-corrected chi connectivity index (χ1v) is 16.5. The summed E-state index contributed by atoms with van der Waals surface area (Å²) in [6, 6.07) is 33.2. The Hall–Kier alpha value is -4.21. The van der Waals surface area contributed by atoms with Crippen molar-refractivity contribution >= 4 is 32.8 Å². The molecule has 0 fully saturated rings. The molecule has 8 rings (SSSR count). The van der Waals surface area contributed by atoms with E-state index in [1.54, 1.807) is 0 Å². The van der Waals surface area contributed by atoms with Crippen LogP contribution < -0.4 is 4.74 Å². The summed E-state index contributed by atoms with van der Waals surface area (Å²) in [5.41, 5.74) is 8.15. The maximum absolute atomic E-state index is 8.17. The summed E-state index contributed by atoms with van der Waals surface area (Å²) in [4.78, 5) is 4.87. The summed E-state index contributed by atoms with van der Waals surface area (Å²) in [5, 5.41) is 2.30. The van der Waals surface area contributed by atoms with E-state index in [9.17, 15) is 0 Å². The third-order valence-corrected chi connectivity index (χ3v) is 9.89. The van der Waals surface area contributed by atoms with Gasteiger partial charge < -0.3 is 0 Å². The molecule has 0 saturated carbocycles. The Morgan fingerprint density at radius 2 is 1.58 bits per heavy atom. The van der Waals surface area contributed by atoms with E-state index in [4.69, 9.17) is 13.8 Å². The molecular weight excluding hydrogens is 736 g/mol. The van der Waals surface area contributed by atoms with Gasteiger partial charge in [-0.1, -0.05) is 20.8 Å². The van der Waals surface area contributed by atoms with Crippen LogP contribution in [0.1, 0.15) is 54.4 Å². The van der Waals surface area contributed by atoms with E-state index in [0.717, 1.165) is 40.6 Å². The Morgan fingerprint density at radius 3 is 2.38 bits per heavy atom. The molecule has 5 nitrogen and oxygen atoms in total. The van der Waals surface area contributed by atoms with Crippen LogP contribution in [-0.4, -0.2) is 18.7 Å². The molecular formula is C39H34N4OPt-2. The third kappa shape index (κ3) is 4.80. The molecule has 3 aromatic heterocycles. The van der Waals surface area contributed by atoms with Crippen molar-refractivity contribution in [1.82, 2.24) is 18.7 Å². The van der Waals surface area contributed by atoms with Crippen LogP contribution in [0.25, 0.3) is 44.3 Å². The van der Waals surface area contributed by atoms with Crippen LogP contribution in [0.15, 0.2) is 85.1 Å². The summed E-state index contributed by atoms with van der Waals surface area (Å²) in [7, 11) is 0. The number of pyridine rings is 1. The number of para-hydroxylation sites is 2. The van der Waals surface area contributed by atoms with Crippen LogP contribution >= 0.6 is 0 Å². The minimum absolute atomic E-state index is 0.0277. The monoisotopic (exact) mass is 772 g/mol. The average Bonchev–Trinajstić information content (AvgIpc) is 3.53. The molecule has 45 heavy (non-hydrogen) atoms. The Bertz CT molecular complexity index is 2450. The zero-order valence-electron chi connectivity index (χ0n) is 28.4. The fourth-order valence-corrected chi connectivity index (χ4v) is 7.37. The summed E-state index contributed by atoms with van der Waals surface area (Å²) in [6.07, 6.45) is 6.53. The molecule has 0 bridgehead atoms. The van der Waals surface area contributed by atoms with E-state index in [1.165, 1.54) is 39.5 Å². The maximum atomic E-state index is 8.17. The van der Waals surface area contributed by atoms with Crippen LogP contribution in [0.2, 0.25) is 0 Å². The van der Waals surface area contributed by atoms with E-state index < -0.39 is 6.98 Å². The third-order valence-electron chi connectivity index (χ3n) is 8.87. The van der Waals surface area contributed by atoms with Crippen LogP contribution in [0.3, 0.4) is 0 Å². The van der Waals surface area contributed by atoms with Crippen molar-refractivity contribution in [1.29, 1.82) is 0 Å². The Balaban J connectivity index is 1.26. The van der Waals surface area contributed by atoms with E-state index in [-0.39, 0.29) is 5.41 Å². The van der Waals surface area contributed by atoms with Gasteiger partial charge in [-0.25, -0.2) is 0 Å². The standard InChI is InChI=1S/C39H34N4O.Pt/c1-39(2,3)28-18-19-40-38(22-28)43-36-21-27-11-6-5-10-26(27)20-33(36)32-17-16-31(24-37(32)43)44-30-13-9-12-29(23-30)42-25-41(4)34-14-7-8-15-35(34)42;/h7-9,12-22H,5-6,10-11H2,1-4H3;/q-2;/i4D3;. The topological polar surface area (TPSA) is 36.9 Å². The molecule has 3 heterocycles. The van der Waals surface area contributed by atoms with E-state index in [1.807, 2.05) is 59.3 Å². The first-order chi connectivity index (χ1) is 23.0. The van der Waals surface area contributed by atoms with Gasteiger partial charge in [0.15, 0.2) is 0 Å². The van der Waals surface area contributed by atoms with Gasteiger partial charge in [0.2, 0.25) is 0 Å². The molecule has 0 atom stereocenters. The number of rotatable bonds is 4. The van der Waals surface area contributed by atoms with Crippen LogP contribution in [0.5, 0.6) is 11.5 Å². The number of ether oxygens (including phenoxy) is 1. The fraction of sp³-hybridized carbons (Fsp3) is 0.231. The molecule has 4 aromatic carbocycles. The zero-order chi connectivity index (χ0) is 33.4. The van der Waals surface area contributed by atoms with Gasteiger partial charge in [0.25, 0.3) is 0 Å². The summed E-state index contributed by atoms with van der Waals surface area (Å²) < 4.78 is 37.0. The second-order valence-corrected chi connectivity index (χ2v) is 13.8. The second kappa shape index (κ2) is 10.7. The van der Waals surface area contributed by atoms with Crippen LogP contribution in [0, 0.1) is 15.9 Å². The van der Waals surface area contributed by atoms with Gasteiger partial charge in [0, 0.05) is 6.20 Å². The number of imidazole rings is 1. The predicted molar refractivity (Wildman–Crippen MR) is 177 cm³/mol. The van der Waals surface area contributed by atoms with Crippen molar-refractivity contribution in [3.63, 3.8) is 0 Å². The normalized spacial score (nSPS) is 14.8. The molecule has 6 heteroatoms. The van der Waals surface area contributed by atoms with Gasteiger partial charge in [0.1, 0.15) is 0 Å². The van der Waals surface area contributed by atoms with E-state index in [0.29, 0.717) is 26.5 Å². The number of hydrogen-bond acceptors (Lipinski definition) is 2. The quantitative estimate of drug-likeness (QED) is 0.168. The number of hydrogen-bond donors (Lipinski definition) is 0. The molecule has 0 radical (unpaired) electrons. The van der Waals surface area contributed by atoms with Crippen LogP contribution in [0.4, 0.5) is 0 Å². The Kier molecular flexibility index (Phi) is 5.95. The summed E-state index contributed by atoms with van der Waals surface area (Å²) in [6.45, 7) is 4.32. The molecule has 7 aromatic rings. The van der Waals surface area contributed by atoms with Crippen molar-refractivity contribution in [2.45, 2.75) is 51.9 Å². The number of fused-ring (bicyclic) bond motifs is 5. The summed E-state index contributed by atoms with van der Waals surface area (Å²) >= 11 is 2.07. The Labute approximate surface area is 278 Å². The first-order valence-electron chi connectivity index (χ1n) is 16.9. The van der Waals surface area contributed by atoms with Gasteiger partial charge in [-0.15, -0.1) is 0 Å². The van der Waals surface area contributed by atoms with Gasteiger partial charge in [-0.3, -0.25) is 0 Å². The molecule has 0 N–H and O–H groups in total. The van der Waals surface area contributed by atoms with Crippen molar-refractivity contribution in [3.05, 3.63) is 118 Å². The molecule has 0 spiro atoms. The molecule has 0 unspecified atom stereocenters. The molecule has 1 aliphatic rings. The molecule has 0 saturated heterocycles. The molecule has 0 aliphatic heterocycles. The Morgan fingerprint density at radius 1 is 0.800 bits per heavy atom. The van der Waals surface area contributed by atoms with Gasteiger partial charge in [-0.2, -0.15) is 0 Å². The SMILES string of the molecule is [2H]C([2H])([2H])n1[c](=[Pt])n(-c2[c-]c(Oc3[c-]c4c(cc3)c3cc5c(cc3n4-c3cc(C(C)(C)C)ccn3)CCCC5)ccc2)c2ccccc21. The number of nitrogens with zero attached hydrogens (tertiary/aromatic N) is 4. The second-order valence-electron chi connectivity index (χ2n) is 12.8. The average molecular weight is 773 g/mol. The van der Waals surface area contributed by atoms with Crippen molar-refractivity contribution in [2.24, 2.45) is 6.98 Å². The number of benzene rings is 4. The van der Waals surface area contributed by atoms with Gasteiger partial charge >= 0.3 is 198 Å². The molecule has 0 amide bonds. The first kappa shape index (κ1) is 25.0. The van der Waals surface area contributed by atoms with Gasteiger partial charge in [0.05, 0.1) is 0 Å². The molecule has 1 aliphatic carbocycles. The van der Waals surface area contributed by atoms with E-state index >= 15 is 0 Å². The zero-order valence-corrected chi connectivity index (χ0v) is 27.7. The van der Waals surface area contributed by atoms with Gasteiger partial charge in [-0.05, 0) is 53.9 Å². The number of aryl methyl sites for hydroxylation is 3. The predicted octanol–water partition coefficient (Wildman–Crippen LogP) is 9.11. The van der Waals surface area contributed by atoms with E-state index in [2.05, 4.69) is 87.2 Å². The van der Waals surface area contributed by atoms with Crippen LogP contribution in [-0.2, 0) is 44.6 Å². The fourth-order valence-electron chi connectivity index (χ4n) is 6.55. The van der Waals surface area contributed by atoms with Crippen molar-refractivity contribution in [3.8, 4) is 23.0 Å². The number of aromatic nitrogens is 4. The molecule has 228 valence electrons. The van der Waals surface area contributed by atoms with Crippen molar-refractivity contribution in [2.75, 3.05) is 0 Å².